The highest BCUT2D eigenvalue weighted by atomic mass is 35.5. The molecule has 1 aliphatic carbocycles. The van der Waals surface area contributed by atoms with Crippen LogP contribution in [0.25, 0.3) is 0 Å². The summed E-state index contributed by atoms with van der Waals surface area (Å²) in [6.07, 6.45) is 0.273. The van der Waals surface area contributed by atoms with Crippen LogP contribution < -0.4 is 34.6 Å². The highest BCUT2D eigenvalue weighted by molar-refractivity contribution is 6.35. The van der Waals surface area contributed by atoms with E-state index in [4.69, 9.17) is 35.3 Å². The molecule has 15 heteroatoms. The number of aliphatic hydroxyl groups is 1. The van der Waals surface area contributed by atoms with Crippen LogP contribution in [0.5, 0.6) is 28.7 Å². The lowest BCUT2D eigenvalue weighted by molar-refractivity contribution is -0.138. The van der Waals surface area contributed by atoms with Gasteiger partial charge in [-0.2, -0.15) is 0 Å². The number of ether oxygens (including phenoxy) is 5. The second-order valence-electron chi connectivity index (χ2n) is 14.9. The third kappa shape index (κ3) is 5.80. The SMILES string of the molecule is COc1cc(OC)c2c(c1Cl)O[C@]1(C2=O)C(O)=C(C(CC(=O)N[C@@H](C)C(=O)N2CC3CC(C2)c2cccc(=O)n2C3)c2ccc3c(c2)OCO3)C(=O)C[C@H]1C. The number of carbonyl (C=O) groups excluding carboxylic acids is 4. The molecule has 2 aromatic carbocycles. The Hall–Kier alpha value is -5.50. The van der Waals surface area contributed by atoms with Crippen LogP contribution >= 0.6 is 11.6 Å². The van der Waals surface area contributed by atoms with Gasteiger partial charge in [-0.1, -0.05) is 30.7 Å². The molecular formula is C40H40ClN3O11. The molecule has 2 amide bonds. The summed E-state index contributed by atoms with van der Waals surface area (Å²) in [5, 5.41) is 15.1. The van der Waals surface area contributed by atoms with E-state index in [1.54, 1.807) is 53.6 Å². The Kier molecular flexibility index (Phi) is 9.06. The van der Waals surface area contributed by atoms with Crippen LogP contribution in [-0.2, 0) is 20.9 Å². The van der Waals surface area contributed by atoms with Gasteiger partial charge in [0.25, 0.3) is 5.56 Å². The fraction of sp³-hybridized carbons (Fsp3) is 0.425. The highest BCUT2D eigenvalue weighted by Gasteiger charge is 2.61. The number of ketones is 2. The number of likely N-dealkylation sites (tertiary alicyclic amines) is 1. The van der Waals surface area contributed by atoms with Gasteiger partial charge in [-0.05, 0) is 43.0 Å². The number of rotatable bonds is 8. The zero-order valence-corrected chi connectivity index (χ0v) is 31.4. The van der Waals surface area contributed by atoms with Crippen molar-refractivity contribution in [2.75, 3.05) is 34.1 Å². The molecule has 8 rings (SSSR count). The van der Waals surface area contributed by atoms with Gasteiger partial charge in [0.05, 0.1) is 14.2 Å². The monoisotopic (exact) mass is 773 g/mol. The fourth-order valence-corrected chi connectivity index (χ4v) is 9.22. The molecule has 3 aromatic rings. The van der Waals surface area contributed by atoms with Crippen molar-refractivity contribution in [3.8, 4) is 28.7 Å². The highest BCUT2D eigenvalue weighted by Crippen LogP contribution is 2.56. The van der Waals surface area contributed by atoms with Crippen molar-refractivity contribution < 1.29 is 48.0 Å². The van der Waals surface area contributed by atoms with Crippen LogP contribution in [0.2, 0.25) is 5.02 Å². The standard InChI is InChI=1S/C40H40ClN3O11/c1-19-10-26(45)33(37(48)40(19)38(49)34-29(51-3)14-30(52-4)35(41)36(34)55-40)24(22-8-9-27-28(12-22)54-18-53-27)13-31(46)42-20(2)39(50)43-15-21-11-23(17-43)25-6-5-7-32(47)44(25)16-21/h5-9,12,14,19-21,23-24,48H,10-11,13,15-18H2,1-4H3,(H,42,46)/t19-,20+,21?,23?,24?,40+/m1/s1. The number of pyridine rings is 1. The molecule has 2 N–H and O–H groups in total. The number of amides is 2. The Morgan fingerprint density at radius 3 is 2.56 bits per heavy atom. The summed E-state index contributed by atoms with van der Waals surface area (Å²) < 4.78 is 30.1. The number of methoxy groups -OCH3 is 2. The van der Waals surface area contributed by atoms with E-state index < -0.39 is 46.7 Å². The number of piperidine rings is 1. The minimum atomic E-state index is -2.07. The quantitative estimate of drug-likeness (QED) is 0.334. The number of aliphatic hydroxyl groups excluding tert-OH is 1. The summed E-state index contributed by atoms with van der Waals surface area (Å²) in [6, 6.07) is 10.6. The molecule has 0 saturated carbocycles. The minimum absolute atomic E-state index is 0.00632. The zero-order valence-electron chi connectivity index (χ0n) is 30.7. The topological polar surface area (TPSA) is 172 Å². The Morgan fingerprint density at radius 1 is 1.04 bits per heavy atom. The number of hydrogen-bond acceptors (Lipinski definition) is 11. The summed E-state index contributed by atoms with van der Waals surface area (Å²) in [4.78, 5) is 70.6. The van der Waals surface area contributed by atoms with E-state index in [0.29, 0.717) is 36.7 Å². The number of carbonyl (C=O) groups is 4. The van der Waals surface area contributed by atoms with Crippen molar-refractivity contribution in [1.82, 2.24) is 14.8 Å². The molecule has 288 valence electrons. The Labute approximate surface area is 320 Å². The average Bonchev–Trinajstić information content (AvgIpc) is 3.77. The fourth-order valence-electron chi connectivity index (χ4n) is 8.95. The molecule has 1 spiro atoms. The molecule has 2 bridgehead atoms. The number of Topliss-reactive ketones (excluding diaryl/α,β-unsaturated/α-hetero) is 2. The lowest BCUT2D eigenvalue weighted by atomic mass is 9.69. The number of nitrogens with zero attached hydrogens (tertiary/aromatic N) is 2. The molecule has 5 heterocycles. The average molecular weight is 774 g/mol. The summed E-state index contributed by atoms with van der Waals surface area (Å²) in [5.41, 5.74) is -1.00. The van der Waals surface area contributed by atoms with Crippen LogP contribution in [0.1, 0.15) is 66.6 Å². The van der Waals surface area contributed by atoms with Crippen molar-refractivity contribution >= 4 is 35.0 Å². The van der Waals surface area contributed by atoms with Crippen molar-refractivity contribution in [3.05, 3.63) is 86.0 Å². The minimum Gasteiger partial charge on any atom is -0.507 e. The van der Waals surface area contributed by atoms with Crippen molar-refractivity contribution in [2.24, 2.45) is 11.8 Å². The number of aromatic nitrogens is 1. The number of nitrogens with one attached hydrogen (secondary N) is 1. The van der Waals surface area contributed by atoms with Gasteiger partial charge >= 0.3 is 0 Å². The van der Waals surface area contributed by atoms with E-state index in [9.17, 15) is 29.1 Å². The predicted octanol–water partition coefficient (Wildman–Crippen LogP) is 4.31. The Morgan fingerprint density at radius 2 is 1.80 bits per heavy atom. The maximum atomic E-state index is 14.5. The first-order chi connectivity index (χ1) is 26.4. The Bertz CT molecular complexity index is 2250. The summed E-state index contributed by atoms with van der Waals surface area (Å²) in [7, 11) is 2.77. The number of allylic oxidation sites excluding steroid dienone is 1. The first kappa shape index (κ1) is 36.5. The molecule has 6 atom stereocenters. The Balaban J connectivity index is 1.11. The van der Waals surface area contributed by atoms with E-state index in [1.807, 2.05) is 6.07 Å². The zero-order chi connectivity index (χ0) is 38.9. The van der Waals surface area contributed by atoms with E-state index >= 15 is 0 Å². The predicted molar refractivity (Wildman–Crippen MR) is 196 cm³/mol. The number of hydrogen-bond donors (Lipinski definition) is 2. The van der Waals surface area contributed by atoms with Gasteiger partial charge in [-0.25, -0.2) is 0 Å². The van der Waals surface area contributed by atoms with Crippen LogP contribution in [0.3, 0.4) is 0 Å². The van der Waals surface area contributed by atoms with Crippen LogP contribution in [0, 0.1) is 11.8 Å². The normalized spacial score (nSPS) is 24.5. The molecule has 14 nitrogen and oxygen atoms in total. The molecule has 0 radical (unpaired) electrons. The molecule has 1 saturated heterocycles. The van der Waals surface area contributed by atoms with Gasteiger partial charge < -0.3 is 43.6 Å². The molecule has 55 heavy (non-hydrogen) atoms. The van der Waals surface area contributed by atoms with E-state index in [-0.39, 0.29) is 76.3 Å². The second kappa shape index (κ2) is 13.7. The van der Waals surface area contributed by atoms with E-state index in [2.05, 4.69) is 5.32 Å². The second-order valence-corrected chi connectivity index (χ2v) is 15.2. The molecule has 3 unspecified atom stereocenters. The number of fused-ring (bicyclic) bond motifs is 6. The van der Waals surface area contributed by atoms with Crippen LogP contribution in [0.15, 0.2) is 58.6 Å². The number of halogens is 1. The smallest absolute Gasteiger partial charge is 0.250 e. The first-order valence-corrected chi connectivity index (χ1v) is 18.6. The molecule has 1 fully saturated rings. The van der Waals surface area contributed by atoms with Gasteiger partial charge in [-0.3, -0.25) is 24.0 Å². The lowest BCUT2D eigenvalue weighted by Gasteiger charge is -2.43. The largest absolute Gasteiger partial charge is 0.507 e. The third-order valence-corrected chi connectivity index (χ3v) is 11.9. The van der Waals surface area contributed by atoms with Crippen LogP contribution in [-0.4, -0.2) is 83.7 Å². The van der Waals surface area contributed by atoms with Gasteiger partial charge in [0, 0.05) is 73.6 Å². The third-order valence-electron chi connectivity index (χ3n) is 11.6. The maximum Gasteiger partial charge on any atom is 0.250 e. The summed E-state index contributed by atoms with van der Waals surface area (Å²) >= 11 is 6.63. The summed E-state index contributed by atoms with van der Waals surface area (Å²) in [6.45, 7) is 4.57. The van der Waals surface area contributed by atoms with Crippen LogP contribution in [0.4, 0.5) is 0 Å². The lowest BCUT2D eigenvalue weighted by Crippen LogP contribution is -2.54. The van der Waals surface area contributed by atoms with Crippen molar-refractivity contribution in [1.29, 1.82) is 0 Å². The molecule has 5 aliphatic rings. The van der Waals surface area contributed by atoms with E-state index in [0.717, 1.165) is 12.1 Å². The van der Waals surface area contributed by atoms with Gasteiger partial charge in [0.2, 0.25) is 30.0 Å². The molecule has 1 aromatic heterocycles. The molecule has 4 aliphatic heterocycles. The summed E-state index contributed by atoms with van der Waals surface area (Å²) in [5.74, 6) is -3.45. The van der Waals surface area contributed by atoms with E-state index in [1.165, 1.54) is 20.3 Å². The van der Waals surface area contributed by atoms with Gasteiger partial charge in [0.15, 0.2) is 28.8 Å². The van der Waals surface area contributed by atoms with Gasteiger partial charge in [-0.15, -0.1) is 0 Å². The van der Waals surface area contributed by atoms with Gasteiger partial charge in [0.1, 0.15) is 28.1 Å². The number of benzene rings is 2. The van der Waals surface area contributed by atoms with Crippen molar-refractivity contribution in [3.63, 3.8) is 0 Å². The maximum absolute atomic E-state index is 14.5. The first-order valence-electron chi connectivity index (χ1n) is 18.2. The van der Waals surface area contributed by atoms with Crippen molar-refractivity contribution in [2.45, 2.75) is 63.1 Å². The molecular weight excluding hydrogens is 734 g/mol.